The smallest absolute Gasteiger partial charge is 0.349 e. The van der Waals surface area contributed by atoms with Crippen LogP contribution in [0.3, 0.4) is 0 Å². The maximum atomic E-state index is 13.9. The predicted octanol–water partition coefficient (Wildman–Crippen LogP) is 3.86. The van der Waals surface area contributed by atoms with Gasteiger partial charge in [0, 0.05) is 16.6 Å². The normalized spacial score (nSPS) is 10.7. The van der Waals surface area contributed by atoms with Crippen LogP contribution in [0.25, 0.3) is 10.1 Å². The van der Waals surface area contributed by atoms with E-state index < -0.39 is 5.97 Å². The van der Waals surface area contributed by atoms with Gasteiger partial charge in [0.05, 0.1) is 0 Å². The van der Waals surface area contributed by atoms with E-state index in [1.54, 1.807) is 19.1 Å². The third-order valence-electron chi connectivity index (χ3n) is 4.00. The fourth-order valence-electron chi connectivity index (χ4n) is 2.69. The molecule has 0 saturated carbocycles. The molecule has 2 aromatic carbocycles. The minimum absolute atomic E-state index is 0.321. The Bertz CT molecular complexity index is 937. The van der Waals surface area contributed by atoms with Crippen LogP contribution < -0.4 is 5.32 Å². The highest BCUT2D eigenvalue weighted by molar-refractivity contribution is 7.21. The zero-order valence-corrected chi connectivity index (χ0v) is 15.1. The molecule has 6 heteroatoms. The molecule has 0 aliphatic carbocycles. The fraction of sp³-hybridized carbons (Fsp3) is 0.200. The number of hydrogen-bond acceptors (Lipinski definition) is 4. The van der Waals surface area contributed by atoms with Crippen LogP contribution in [0.15, 0.2) is 48.5 Å². The Labute approximate surface area is 154 Å². The lowest BCUT2D eigenvalue weighted by Gasteiger charge is -2.06. The highest BCUT2D eigenvalue weighted by Gasteiger charge is 2.19. The van der Waals surface area contributed by atoms with Crippen LogP contribution in [0.4, 0.5) is 4.39 Å². The maximum absolute atomic E-state index is 13.9. The largest absolute Gasteiger partial charge is 0.451 e. The van der Waals surface area contributed by atoms with E-state index in [-0.39, 0.29) is 18.3 Å². The van der Waals surface area contributed by atoms with E-state index in [1.807, 2.05) is 30.3 Å². The molecule has 1 aromatic heterocycles. The number of esters is 1. The predicted molar refractivity (Wildman–Crippen MR) is 100.0 cm³/mol. The van der Waals surface area contributed by atoms with Gasteiger partial charge in [0.25, 0.3) is 5.91 Å². The molecule has 0 spiro atoms. The molecule has 0 aliphatic rings. The molecule has 26 heavy (non-hydrogen) atoms. The minimum Gasteiger partial charge on any atom is -0.451 e. The van der Waals surface area contributed by atoms with E-state index in [4.69, 9.17) is 4.74 Å². The molecule has 1 heterocycles. The van der Waals surface area contributed by atoms with Gasteiger partial charge in [-0.25, -0.2) is 9.18 Å². The van der Waals surface area contributed by atoms with E-state index in [1.165, 1.54) is 17.4 Å². The lowest BCUT2D eigenvalue weighted by atomic mass is 10.1. The number of hydrogen-bond donors (Lipinski definition) is 1. The van der Waals surface area contributed by atoms with Crippen LogP contribution >= 0.6 is 11.3 Å². The summed E-state index contributed by atoms with van der Waals surface area (Å²) in [5, 5.41) is 3.14. The molecule has 0 atom stereocenters. The maximum Gasteiger partial charge on any atom is 0.349 e. The third kappa shape index (κ3) is 4.08. The van der Waals surface area contributed by atoms with Gasteiger partial charge >= 0.3 is 5.97 Å². The molecular weight excluding hydrogens is 353 g/mol. The van der Waals surface area contributed by atoms with Crippen molar-refractivity contribution in [3.8, 4) is 0 Å². The van der Waals surface area contributed by atoms with Crippen molar-refractivity contribution in [2.75, 3.05) is 13.2 Å². The van der Waals surface area contributed by atoms with Crippen LogP contribution in [-0.2, 0) is 16.0 Å². The zero-order valence-electron chi connectivity index (χ0n) is 14.3. The molecule has 134 valence electrons. The molecule has 0 unspecified atom stereocenters. The van der Waals surface area contributed by atoms with Crippen molar-refractivity contribution in [2.24, 2.45) is 0 Å². The third-order valence-corrected chi connectivity index (χ3v) is 5.24. The summed E-state index contributed by atoms with van der Waals surface area (Å²) in [5.41, 5.74) is 1.66. The van der Waals surface area contributed by atoms with Crippen LogP contribution in [0, 0.1) is 12.7 Å². The number of amides is 1. The molecule has 0 saturated heterocycles. The van der Waals surface area contributed by atoms with Crippen LogP contribution in [-0.4, -0.2) is 25.0 Å². The van der Waals surface area contributed by atoms with Gasteiger partial charge in [-0.3, -0.25) is 4.79 Å². The SMILES string of the molecule is Cc1c(C(=O)OCC(=O)NCCc2ccccc2)sc2cccc(F)c12. The Morgan fingerprint density at radius 3 is 2.62 bits per heavy atom. The fourth-order valence-corrected chi connectivity index (χ4v) is 3.80. The van der Waals surface area contributed by atoms with Crippen LogP contribution in [0.5, 0.6) is 0 Å². The molecule has 0 bridgehead atoms. The molecule has 0 aliphatic heterocycles. The number of nitrogens with one attached hydrogen (secondary N) is 1. The van der Waals surface area contributed by atoms with Crippen molar-refractivity contribution in [3.63, 3.8) is 0 Å². The first kappa shape index (κ1) is 18.1. The number of fused-ring (bicyclic) bond motifs is 1. The van der Waals surface area contributed by atoms with Crippen LogP contribution in [0.1, 0.15) is 20.8 Å². The van der Waals surface area contributed by atoms with Gasteiger partial charge in [0.15, 0.2) is 6.61 Å². The lowest BCUT2D eigenvalue weighted by Crippen LogP contribution is -2.30. The number of carbonyl (C=O) groups is 2. The Balaban J connectivity index is 1.53. The highest BCUT2D eigenvalue weighted by Crippen LogP contribution is 2.32. The second-order valence-electron chi connectivity index (χ2n) is 5.83. The van der Waals surface area contributed by atoms with E-state index in [0.29, 0.717) is 33.5 Å². The van der Waals surface area contributed by atoms with Crippen molar-refractivity contribution in [2.45, 2.75) is 13.3 Å². The molecule has 0 radical (unpaired) electrons. The van der Waals surface area contributed by atoms with Crippen molar-refractivity contribution in [3.05, 3.63) is 70.4 Å². The summed E-state index contributed by atoms with van der Waals surface area (Å²) in [7, 11) is 0. The summed E-state index contributed by atoms with van der Waals surface area (Å²) in [6, 6.07) is 14.5. The van der Waals surface area contributed by atoms with Gasteiger partial charge in [-0.2, -0.15) is 0 Å². The van der Waals surface area contributed by atoms with Crippen molar-refractivity contribution in [1.29, 1.82) is 0 Å². The summed E-state index contributed by atoms with van der Waals surface area (Å²) in [6.07, 6.45) is 0.704. The number of carbonyl (C=O) groups excluding carboxylic acids is 2. The lowest BCUT2D eigenvalue weighted by molar-refractivity contribution is -0.124. The van der Waals surface area contributed by atoms with Gasteiger partial charge in [-0.05, 0) is 36.6 Å². The van der Waals surface area contributed by atoms with E-state index in [9.17, 15) is 14.0 Å². The summed E-state index contributed by atoms with van der Waals surface area (Å²) >= 11 is 1.17. The number of ether oxygens (including phenoxy) is 1. The topological polar surface area (TPSA) is 55.4 Å². The molecular formula is C20H18FNO3S. The first-order valence-electron chi connectivity index (χ1n) is 8.21. The Morgan fingerprint density at radius 2 is 1.88 bits per heavy atom. The highest BCUT2D eigenvalue weighted by atomic mass is 32.1. The van der Waals surface area contributed by atoms with Gasteiger partial charge in [-0.1, -0.05) is 36.4 Å². The Kier molecular flexibility index (Phi) is 5.63. The van der Waals surface area contributed by atoms with Crippen LogP contribution in [0.2, 0.25) is 0 Å². The molecule has 4 nitrogen and oxygen atoms in total. The summed E-state index contributed by atoms with van der Waals surface area (Å²) < 4.78 is 19.7. The number of aryl methyl sites for hydroxylation is 1. The second-order valence-corrected chi connectivity index (χ2v) is 6.88. The van der Waals surface area contributed by atoms with Gasteiger partial charge in [0.1, 0.15) is 10.7 Å². The summed E-state index contributed by atoms with van der Waals surface area (Å²) in [4.78, 5) is 24.4. The summed E-state index contributed by atoms with van der Waals surface area (Å²) in [5.74, 6) is -1.34. The molecule has 1 N–H and O–H groups in total. The van der Waals surface area contributed by atoms with Gasteiger partial charge < -0.3 is 10.1 Å². The van der Waals surface area contributed by atoms with Crippen molar-refractivity contribution >= 4 is 33.3 Å². The quantitative estimate of drug-likeness (QED) is 0.670. The molecule has 3 rings (SSSR count). The average Bonchev–Trinajstić information content (AvgIpc) is 2.99. The van der Waals surface area contributed by atoms with E-state index in [2.05, 4.69) is 5.32 Å². The first-order chi connectivity index (χ1) is 12.6. The van der Waals surface area contributed by atoms with E-state index >= 15 is 0 Å². The molecule has 3 aromatic rings. The Hall–Kier alpha value is -2.73. The standard InChI is InChI=1S/C20H18FNO3S/c1-13-18-15(21)8-5-9-16(18)26-19(13)20(24)25-12-17(23)22-11-10-14-6-3-2-4-7-14/h2-9H,10-12H2,1H3,(H,22,23). The van der Waals surface area contributed by atoms with Gasteiger partial charge in [-0.15, -0.1) is 11.3 Å². The number of rotatable bonds is 6. The van der Waals surface area contributed by atoms with Gasteiger partial charge in [0.2, 0.25) is 0 Å². The number of halogens is 1. The number of benzene rings is 2. The summed E-state index contributed by atoms with van der Waals surface area (Å²) in [6.45, 7) is 1.79. The zero-order chi connectivity index (χ0) is 18.5. The van der Waals surface area contributed by atoms with Crippen molar-refractivity contribution < 1.29 is 18.7 Å². The number of thiophene rings is 1. The Morgan fingerprint density at radius 1 is 1.12 bits per heavy atom. The first-order valence-corrected chi connectivity index (χ1v) is 9.03. The van der Waals surface area contributed by atoms with E-state index in [0.717, 1.165) is 5.56 Å². The monoisotopic (exact) mass is 371 g/mol. The second kappa shape index (κ2) is 8.10. The van der Waals surface area contributed by atoms with Crippen molar-refractivity contribution in [1.82, 2.24) is 5.32 Å². The molecule has 0 fully saturated rings. The molecule has 1 amide bonds. The average molecular weight is 371 g/mol. The minimum atomic E-state index is -0.610.